The molecule has 2 unspecified atom stereocenters. The maximum absolute atomic E-state index is 12.8. The zero-order valence-corrected chi connectivity index (χ0v) is 19.1. The van der Waals surface area contributed by atoms with Crippen molar-refractivity contribution in [2.45, 2.75) is 17.8 Å². The van der Waals surface area contributed by atoms with E-state index in [1.54, 1.807) is 0 Å². The van der Waals surface area contributed by atoms with E-state index < -0.39 is 41.6 Å². The first-order chi connectivity index (χ1) is 16.3. The third-order valence-electron chi connectivity index (χ3n) is 5.48. The van der Waals surface area contributed by atoms with Gasteiger partial charge in [0.15, 0.2) is 10.8 Å². The zero-order valence-electron chi connectivity index (χ0n) is 17.4. The molecule has 15 heteroatoms. The molecular weight excluding hydrogens is 491 g/mol. The van der Waals surface area contributed by atoms with Gasteiger partial charge in [0.2, 0.25) is 5.91 Å². The number of carboxylic acid groups (broad SMARTS) is 1. The molecule has 3 aliphatic heterocycles. The van der Waals surface area contributed by atoms with E-state index in [-0.39, 0.29) is 40.3 Å². The summed E-state index contributed by atoms with van der Waals surface area (Å²) >= 11 is 2.25. The number of rotatable bonds is 7. The lowest BCUT2D eigenvalue weighted by Crippen LogP contribution is -2.71. The van der Waals surface area contributed by atoms with Gasteiger partial charge in [-0.15, -0.1) is 23.1 Å². The summed E-state index contributed by atoms with van der Waals surface area (Å²) in [6, 6.07) is -1.05. The standard InChI is InChI=1S/C19H19FN6O6S2/c20-2-4-25-3-1-8(15(25)28)5-9-6-33-17-12(16(29)26(17)13(9)18(30)31)23-14(27)11(24-32)10-7-34-19(21)22-10/h5,7,12,17,32H,1-4,6H2,(H2,21,22)(H,23,27)(H,30,31). The van der Waals surface area contributed by atoms with E-state index in [0.717, 1.165) is 16.2 Å². The zero-order chi connectivity index (χ0) is 24.6. The molecular formula is C19H19FN6O6S2. The molecule has 0 saturated carbocycles. The summed E-state index contributed by atoms with van der Waals surface area (Å²) in [5.41, 5.74) is 5.50. The van der Waals surface area contributed by atoms with Gasteiger partial charge in [0, 0.05) is 29.8 Å². The van der Waals surface area contributed by atoms with Gasteiger partial charge in [0.05, 0.1) is 0 Å². The Morgan fingerprint density at radius 1 is 1.41 bits per heavy atom. The van der Waals surface area contributed by atoms with Crippen molar-refractivity contribution in [3.8, 4) is 0 Å². The van der Waals surface area contributed by atoms with Crippen LogP contribution in [0.1, 0.15) is 12.1 Å². The number of allylic oxidation sites excluding steroid dienone is 1. The van der Waals surface area contributed by atoms with E-state index in [4.69, 9.17) is 5.73 Å². The Kier molecular flexibility index (Phi) is 6.56. The predicted octanol–water partition coefficient (Wildman–Crippen LogP) is -0.230. The number of nitrogens with two attached hydrogens (primary N) is 1. The van der Waals surface area contributed by atoms with Crippen molar-refractivity contribution >= 4 is 57.6 Å². The van der Waals surface area contributed by atoms with E-state index in [1.807, 2.05) is 0 Å². The van der Waals surface area contributed by atoms with Crippen LogP contribution < -0.4 is 11.1 Å². The van der Waals surface area contributed by atoms with Gasteiger partial charge < -0.3 is 26.3 Å². The highest BCUT2D eigenvalue weighted by Crippen LogP contribution is 2.41. The largest absolute Gasteiger partial charge is 0.477 e. The number of carbonyl (C=O) groups is 4. The molecule has 5 N–H and O–H groups in total. The highest BCUT2D eigenvalue weighted by Gasteiger charge is 2.54. The molecule has 12 nitrogen and oxygen atoms in total. The van der Waals surface area contributed by atoms with Crippen molar-refractivity contribution in [1.29, 1.82) is 0 Å². The number of thiazole rings is 1. The van der Waals surface area contributed by atoms with Crippen LogP contribution in [0.2, 0.25) is 0 Å². The van der Waals surface area contributed by atoms with Gasteiger partial charge in [-0.2, -0.15) is 0 Å². The molecule has 1 aromatic heterocycles. The first-order valence-corrected chi connectivity index (χ1v) is 11.9. The Balaban J connectivity index is 1.53. The van der Waals surface area contributed by atoms with Crippen LogP contribution in [0.5, 0.6) is 0 Å². The maximum atomic E-state index is 12.8. The fraction of sp³-hybridized carbons (Fsp3) is 0.368. The minimum atomic E-state index is -1.35. The molecule has 2 fully saturated rings. The molecule has 180 valence electrons. The topological polar surface area (TPSA) is 179 Å². The first-order valence-electron chi connectivity index (χ1n) is 9.98. The van der Waals surface area contributed by atoms with Crippen molar-refractivity contribution in [2.75, 3.05) is 31.3 Å². The highest BCUT2D eigenvalue weighted by molar-refractivity contribution is 8.00. The number of carboxylic acids is 1. The van der Waals surface area contributed by atoms with Gasteiger partial charge in [0.25, 0.3) is 11.8 Å². The second kappa shape index (κ2) is 9.42. The Hall–Kier alpha value is -3.46. The molecule has 2 saturated heterocycles. The van der Waals surface area contributed by atoms with E-state index >= 15 is 0 Å². The van der Waals surface area contributed by atoms with Crippen LogP contribution in [-0.2, 0) is 19.2 Å². The van der Waals surface area contributed by atoms with Crippen molar-refractivity contribution < 1.29 is 33.9 Å². The summed E-state index contributed by atoms with van der Waals surface area (Å²) < 4.78 is 12.6. The van der Waals surface area contributed by atoms with E-state index in [0.29, 0.717) is 18.5 Å². The van der Waals surface area contributed by atoms with Crippen LogP contribution in [0, 0.1) is 0 Å². The van der Waals surface area contributed by atoms with Gasteiger partial charge >= 0.3 is 5.97 Å². The lowest BCUT2D eigenvalue weighted by atomic mass is 10.0. The van der Waals surface area contributed by atoms with Gasteiger partial charge in [-0.25, -0.2) is 14.2 Å². The van der Waals surface area contributed by atoms with Crippen LogP contribution in [0.15, 0.2) is 33.5 Å². The Labute approximate surface area is 200 Å². The van der Waals surface area contributed by atoms with Gasteiger partial charge in [-0.05, 0) is 18.1 Å². The van der Waals surface area contributed by atoms with E-state index in [2.05, 4.69) is 15.5 Å². The van der Waals surface area contributed by atoms with Crippen LogP contribution in [0.4, 0.5) is 9.52 Å². The Morgan fingerprint density at radius 2 is 2.18 bits per heavy atom. The minimum absolute atomic E-state index is 0.0313. The third kappa shape index (κ3) is 4.11. The molecule has 3 amide bonds. The normalized spacial score (nSPS) is 23.9. The molecule has 0 bridgehead atoms. The number of nitrogens with zero attached hydrogens (tertiary/aromatic N) is 4. The van der Waals surface area contributed by atoms with Crippen molar-refractivity contribution in [3.63, 3.8) is 0 Å². The molecule has 4 rings (SSSR count). The predicted molar refractivity (Wildman–Crippen MR) is 120 cm³/mol. The second-order valence-corrected chi connectivity index (χ2v) is 9.45. The molecule has 0 aliphatic carbocycles. The number of thioether (sulfide) groups is 1. The number of nitrogen functional groups attached to an aromatic ring is 1. The van der Waals surface area contributed by atoms with Gasteiger partial charge in [0.1, 0.15) is 29.5 Å². The number of likely N-dealkylation sites (tertiary alicyclic amines) is 1. The number of amides is 3. The number of aromatic nitrogens is 1. The first kappa shape index (κ1) is 23.7. The summed E-state index contributed by atoms with van der Waals surface area (Å²) in [6.45, 7) is -0.361. The molecule has 1 aromatic rings. The highest BCUT2D eigenvalue weighted by atomic mass is 32.2. The van der Waals surface area contributed by atoms with Crippen molar-refractivity contribution in [2.24, 2.45) is 5.16 Å². The molecule has 4 heterocycles. The molecule has 2 atom stereocenters. The molecule has 0 aromatic carbocycles. The fourth-order valence-corrected chi connectivity index (χ4v) is 5.75. The molecule has 0 spiro atoms. The van der Waals surface area contributed by atoms with E-state index in [1.165, 1.54) is 28.1 Å². The van der Waals surface area contributed by atoms with Gasteiger partial charge in [-0.1, -0.05) is 5.16 Å². The number of hydrogen-bond donors (Lipinski definition) is 4. The number of alkyl halides is 1. The monoisotopic (exact) mass is 510 g/mol. The summed E-state index contributed by atoms with van der Waals surface area (Å²) in [7, 11) is 0. The minimum Gasteiger partial charge on any atom is -0.477 e. The number of β-lactam (4-membered cyclic amide) rings is 1. The van der Waals surface area contributed by atoms with Crippen LogP contribution in [0.3, 0.4) is 0 Å². The molecule has 34 heavy (non-hydrogen) atoms. The molecule has 3 aliphatic rings. The number of aliphatic carboxylic acids is 1. The summed E-state index contributed by atoms with van der Waals surface area (Å²) in [5.74, 6) is -3.07. The Bertz CT molecular complexity index is 1160. The van der Waals surface area contributed by atoms with Crippen LogP contribution >= 0.6 is 23.1 Å². The number of hydrogen-bond acceptors (Lipinski definition) is 10. The number of halogens is 1. The maximum Gasteiger partial charge on any atom is 0.352 e. The SMILES string of the molecule is Nc1nc(C(=NO)C(=O)NC2C(=O)N3C(C(=O)O)=C(C=C4CCN(CCF)C4=O)CSC23)cs1. The number of carbonyl (C=O) groups excluding carboxylic acids is 3. The lowest BCUT2D eigenvalue weighted by molar-refractivity contribution is -0.150. The number of fused-ring (bicyclic) bond motifs is 1. The van der Waals surface area contributed by atoms with Gasteiger partial charge in [-0.3, -0.25) is 19.3 Å². The van der Waals surface area contributed by atoms with Crippen molar-refractivity contribution in [1.82, 2.24) is 20.1 Å². The third-order valence-corrected chi connectivity index (χ3v) is 7.46. The quantitative estimate of drug-likeness (QED) is 0.127. The summed E-state index contributed by atoms with van der Waals surface area (Å²) in [6.07, 6.45) is 1.80. The van der Waals surface area contributed by atoms with Crippen LogP contribution in [0.25, 0.3) is 0 Å². The lowest BCUT2D eigenvalue weighted by Gasteiger charge is -2.49. The molecule has 0 radical (unpaired) electrons. The van der Waals surface area contributed by atoms with Crippen molar-refractivity contribution in [3.05, 3.63) is 34.0 Å². The smallest absolute Gasteiger partial charge is 0.352 e. The Morgan fingerprint density at radius 3 is 2.79 bits per heavy atom. The number of anilines is 1. The second-order valence-electron chi connectivity index (χ2n) is 7.46. The average molecular weight is 511 g/mol. The fourth-order valence-electron chi connectivity index (χ4n) is 3.90. The van der Waals surface area contributed by atoms with E-state index in [9.17, 15) is 33.9 Å². The summed E-state index contributed by atoms with van der Waals surface area (Å²) in [5, 5.41) is 25.3. The summed E-state index contributed by atoms with van der Waals surface area (Å²) in [4.78, 5) is 56.1. The number of nitrogens with one attached hydrogen (secondary N) is 1. The number of oxime groups is 1. The average Bonchev–Trinajstić information content (AvgIpc) is 3.38. The van der Waals surface area contributed by atoms with Crippen LogP contribution in [-0.4, -0.2) is 91.4 Å².